The molecule has 0 bridgehead atoms. The van der Waals surface area contributed by atoms with E-state index in [0.29, 0.717) is 12.4 Å². The molecule has 1 aliphatic rings. The third-order valence-corrected chi connectivity index (χ3v) is 3.59. The maximum atomic E-state index is 12.0. The molecule has 1 unspecified atom stereocenters. The van der Waals surface area contributed by atoms with Gasteiger partial charge in [0.25, 0.3) is 0 Å². The molecule has 2 N–H and O–H groups in total. The van der Waals surface area contributed by atoms with E-state index < -0.39 is 0 Å². The van der Waals surface area contributed by atoms with Crippen LogP contribution in [0.4, 0.5) is 0 Å². The molecule has 106 valence electrons. The van der Waals surface area contributed by atoms with Crippen LogP contribution in [0.25, 0.3) is 0 Å². The highest BCUT2D eigenvalue weighted by molar-refractivity contribution is 5.78. The lowest BCUT2D eigenvalue weighted by Crippen LogP contribution is -2.43. The van der Waals surface area contributed by atoms with Gasteiger partial charge in [-0.25, -0.2) is 0 Å². The zero-order chi connectivity index (χ0) is 13.5. The number of H-pyrrole nitrogens is 1. The molecule has 7 nitrogen and oxygen atoms in total. The molecule has 1 fully saturated rings. The van der Waals surface area contributed by atoms with Gasteiger partial charge in [0.2, 0.25) is 5.91 Å². The average Bonchev–Trinajstić information content (AvgIpc) is 2.96. The summed E-state index contributed by atoms with van der Waals surface area (Å²) in [6, 6.07) is 0. The fourth-order valence-electron chi connectivity index (χ4n) is 2.45. The topological polar surface area (TPSA) is 86.8 Å². The molecule has 1 aliphatic heterocycles. The minimum Gasteiger partial charge on any atom is -0.356 e. The quantitative estimate of drug-likeness (QED) is 0.707. The predicted octanol–water partition coefficient (Wildman–Crippen LogP) is -0.0196. The van der Waals surface area contributed by atoms with Crippen molar-refractivity contribution in [2.45, 2.75) is 32.6 Å². The van der Waals surface area contributed by atoms with Gasteiger partial charge in [0.1, 0.15) is 0 Å². The third kappa shape index (κ3) is 4.27. The number of piperidine rings is 1. The van der Waals surface area contributed by atoms with Crippen molar-refractivity contribution in [2.24, 2.45) is 5.92 Å². The van der Waals surface area contributed by atoms with Crippen molar-refractivity contribution >= 4 is 5.91 Å². The van der Waals surface area contributed by atoms with E-state index in [0.717, 1.165) is 45.3 Å². The molecule has 1 saturated heterocycles. The summed E-state index contributed by atoms with van der Waals surface area (Å²) < 4.78 is 0. The summed E-state index contributed by atoms with van der Waals surface area (Å²) >= 11 is 0. The van der Waals surface area contributed by atoms with Crippen LogP contribution in [0.5, 0.6) is 0 Å². The highest BCUT2D eigenvalue weighted by Gasteiger charge is 2.24. The maximum Gasteiger partial charge on any atom is 0.224 e. The Labute approximate surface area is 113 Å². The first-order chi connectivity index (χ1) is 9.29. The van der Waals surface area contributed by atoms with Crippen molar-refractivity contribution in [2.75, 3.05) is 26.2 Å². The van der Waals surface area contributed by atoms with E-state index in [1.165, 1.54) is 0 Å². The average molecular weight is 266 g/mol. The summed E-state index contributed by atoms with van der Waals surface area (Å²) in [4.78, 5) is 14.4. The Hall–Kier alpha value is -1.50. The highest BCUT2D eigenvalue weighted by Crippen LogP contribution is 2.16. The Morgan fingerprint density at radius 2 is 2.47 bits per heavy atom. The highest BCUT2D eigenvalue weighted by atomic mass is 16.1. The number of amides is 1. The molecule has 7 heteroatoms. The summed E-state index contributed by atoms with van der Waals surface area (Å²) in [5.74, 6) is 1.04. The summed E-state index contributed by atoms with van der Waals surface area (Å²) in [6.45, 7) is 5.87. The van der Waals surface area contributed by atoms with Crippen LogP contribution in [0.1, 0.15) is 32.0 Å². The van der Waals surface area contributed by atoms with E-state index in [1.54, 1.807) is 0 Å². The molecule has 19 heavy (non-hydrogen) atoms. The first kappa shape index (κ1) is 13.9. The van der Waals surface area contributed by atoms with E-state index in [4.69, 9.17) is 0 Å². The molecule has 0 spiro atoms. The Morgan fingerprint density at radius 1 is 1.58 bits per heavy atom. The molecule has 1 amide bonds. The van der Waals surface area contributed by atoms with Gasteiger partial charge in [0.15, 0.2) is 5.82 Å². The van der Waals surface area contributed by atoms with Gasteiger partial charge in [-0.3, -0.25) is 4.79 Å². The lowest BCUT2D eigenvalue weighted by molar-refractivity contribution is -0.126. The molecular formula is C12H22N6O. The normalized spacial score (nSPS) is 20.4. The van der Waals surface area contributed by atoms with Crippen molar-refractivity contribution in [3.8, 4) is 0 Å². The molecule has 1 aromatic heterocycles. The van der Waals surface area contributed by atoms with E-state index in [2.05, 4.69) is 37.8 Å². The van der Waals surface area contributed by atoms with Crippen LogP contribution < -0.4 is 5.32 Å². The Balaban J connectivity index is 1.63. The maximum absolute atomic E-state index is 12.0. The summed E-state index contributed by atoms with van der Waals surface area (Å²) in [5.41, 5.74) is 0. The fourth-order valence-corrected chi connectivity index (χ4v) is 2.45. The van der Waals surface area contributed by atoms with Gasteiger partial charge in [-0.05, 0) is 32.4 Å². The summed E-state index contributed by atoms with van der Waals surface area (Å²) in [6.07, 6.45) is 3.71. The van der Waals surface area contributed by atoms with E-state index in [9.17, 15) is 4.79 Å². The smallest absolute Gasteiger partial charge is 0.224 e. The molecule has 2 heterocycles. The Bertz CT molecular complexity index is 380. The van der Waals surface area contributed by atoms with Crippen molar-refractivity contribution in [1.82, 2.24) is 30.8 Å². The van der Waals surface area contributed by atoms with E-state index >= 15 is 0 Å². The number of hydrogen-bond donors (Lipinski definition) is 2. The number of nitrogens with zero attached hydrogens (tertiary/aromatic N) is 4. The molecule has 0 aliphatic carbocycles. The second-order valence-corrected chi connectivity index (χ2v) is 4.95. The lowest BCUT2D eigenvalue weighted by Gasteiger charge is -2.30. The molecule has 0 aromatic carbocycles. The van der Waals surface area contributed by atoms with E-state index in [-0.39, 0.29) is 11.8 Å². The van der Waals surface area contributed by atoms with Gasteiger partial charge in [0, 0.05) is 19.5 Å². The van der Waals surface area contributed by atoms with Gasteiger partial charge in [-0.1, -0.05) is 12.1 Å². The van der Waals surface area contributed by atoms with E-state index in [1.807, 2.05) is 0 Å². The van der Waals surface area contributed by atoms with Crippen molar-refractivity contribution in [3.63, 3.8) is 0 Å². The molecule has 1 atom stereocenters. The number of rotatable bonds is 6. The Kier molecular flexibility index (Phi) is 5.26. The monoisotopic (exact) mass is 266 g/mol. The first-order valence-corrected chi connectivity index (χ1v) is 7.02. The summed E-state index contributed by atoms with van der Waals surface area (Å²) in [7, 11) is 0. The minimum absolute atomic E-state index is 0.152. The molecule has 0 saturated carbocycles. The van der Waals surface area contributed by atoms with Crippen LogP contribution in [-0.2, 0) is 11.2 Å². The van der Waals surface area contributed by atoms with Crippen molar-refractivity contribution < 1.29 is 4.79 Å². The number of carbonyl (C=O) groups excluding carboxylic acids is 1. The SMILES string of the molecule is CCN1CCCC(C(=O)NCCCc2nn[nH]n2)C1. The number of carbonyl (C=O) groups is 1. The van der Waals surface area contributed by atoms with Gasteiger partial charge in [0.05, 0.1) is 5.92 Å². The second kappa shape index (κ2) is 7.18. The van der Waals surface area contributed by atoms with Crippen molar-refractivity contribution in [3.05, 3.63) is 5.82 Å². The van der Waals surface area contributed by atoms with Crippen LogP contribution in [-0.4, -0.2) is 57.6 Å². The number of aromatic nitrogens is 4. The first-order valence-electron chi connectivity index (χ1n) is 7.02. The number of likely N-dealkylation sites (tertiary alicyclic amines) is 1. The van der Waals surface area contributed by atoms with Gasteiger partial charge < -0.3 is 10.2 Å². The second-order valence-electron chi connectivity index (χ2n) is 4.95. The molecule has 0 radical (unpaired) electrons. The zero-order valence-electron chi connectivity index (χ0n) is 11.4. The zero-order valence-corrected chi connectivity index (χ0v) is 11.4. The molecular weight excluding hydrogens is 244 g/mol. The lowest BCUT2D eigenvalue weighted by atomic mass is 9.97. The Morgan fingerprint density at radius 3 is 3.21 bits per heavy atom. The van der Waals surface area contributed by atoms with Gasteiger partial charge in [-0.15, -0.1) is 10.2 Å². The standard InChI is InChI=1S/C12H22N6O/c1-2-18-8-4-5-10(9-18)12(19)13-7-3-6-11-14-16-17-15-11/h10H,2-9H2,1H3,(H,13,19)(H,14,15,16,17). The number of tetrazole rings is 1. The molecule has 2 rings (SSSR count). The number of nitrogens with one attached hydrogen (secondary N) is 2. The largest absolute Gasteiger partial charge is 0.356 e. The predicted molar refractivity (Wildman–Crippen MR) is 70.3 cm³/mol. The van der Waals surface area contributed by atoms with Crippen LogP contribution in [0.2, 0.25) is 0 Å². The molecule has 1 aromatic rings. The number of hydrogen-bond acceptors (Lipinski definition) is 5. The van der Waals surface area contributed by atoms with Crippen LogP contribution in [0.15, 0.2) is 0 Å². The minimum atomic E-state index is 0.152. The van der Waals surface area contributed by atoms with Gasteiger partial charge in [-0.2, -0.15) is 5.21 Å². The van der Waals surface area contributed by atoms with Crippen molar-refractivity contribution in [1.29, 1.82) is 0 Å². The van der Waals surface area contributed by atoms with Crippen LogP contribution in [0, 0.1) is 5.92 Å². The van der Waals surface area contributed by atoms with Crippen LogP contribution in [0.3, 0.4) is 0 Å². The number of aryl methyl sites for hydroxylation is 1. The fraction of sp³-hybridized carbons (Fsp3) is 0.833. The summed E-state index contributed by atoms with van der Waals surface area (Å²) in [5, 5.41) is 16.7. The number of aromatic amines is 1. The third-order valence-electron chi connectivity index (χ3n) is 3.59. The van der Waals surface area contributed by atoms with Gasteiger partial charge >= 0.3 is 0 Å². The van der Waals surface area contributed by atoms with Crippen LogP contribution >= 0.6 is 0 Å².